The SMILES string of the molecule is CN1CCN(c2cccc(-c3cnc(/C=C\C(=N)N4CCCC4c4cccc(F)c4)[nH]3)n2)CC1. The maximum absolute atomic E-state index is 13.7. The van der Waals surface area contributed by atoms with Crippen molar-refractivity contribution in [3.05, 3.63) is 71.9 Å². The Kier molecular flexibility index (Phi) is 6.40. The van der Waals surface area contributed by atoms with E-state index in [-0.39, 0.29) is 11.9 Å². The van der Waals surface area contributed by atoms with Crippen molar-refractivity contribution in [2.24, 2.45) is 0 Å². The van der Waals surface area contributed by atoms with Crippen LogP contribution in [0.5, 0.6) is 0 Å². The number of hydrogen-bond donors (Lipinski definition) is 2. The summed E-state index contributed by atoms with van der Waals surface area (Å²) in [7, 11) is 2.14. The first-order chi connectivity index (χ1) is 16.6. The summed E-state index contributed by atoms with van der Waals surface area (Å²) in [5.41, 5.74) is 2.62. The van der Waals surface area contributed by atoms with Crippen molar-refractivity contribution in [2.45, 2.75) is 18.9 Å². The van der Waals surface area contributed by atoms with Crippen LogP contribution < -0.4 is 4.90 Å². The number of piperazine rings is 1. The standard InChI is InChI=1S/C26H30FN7/c1-32-13-15-33(16-14-32)26-9-3-7-21(31-26)22-18-29-25(30-22)11-10-24(28)34-12-4-8-23(34)19-5-2-6-20(27)17-19/h2-3,5-7,9-11,17-18,23,28H,4,8,12-16H2,1H3,(H,29,30)/b11-10-,28-24?. The van der Waals surface area contributed by atoms with E-state index in [2.05, 4.69) is 32.9 Å². The molecular formula is C26H30FN7. The Morgan fingerprint density at radius 1 is 1.12 bits per heavy atom. The normalized spacial score (nSPS) is 19.3. The minimum Gasteiger partial charge on any atom is -0.354 e. The fourth-order valence-electron chi connectivity index (χ4n) is 4.71. The smallest absolute Gasteiger partial charge is 0.130 e. The molecule has 2 aliphatic rings. The second-order valence-electron chi connectivity index (χ2n) is 8.98. The lowest BCUT2D eigenvalue weighted by Crippen LogP contribution is -2.44. The van der Waals surface area contributed by atoms with Crippen LogP contribution in [0, 0.1) is 11.2 Å². The number of anilines is 1. The molecule has 7 nitrogen and oxygen atoms in total. The second-order valence-corrected chi connectivity index (χ2v) is 8.98. The van der Waals surface area contributed by atoms with Crippen LogP contribution in [0.3, 0.4) is 0 Å². The van der Waals surface area contributed by atoms with Crippen LogP contribution in [0.15, 0.2) is 54.7 Å². The molecule has 0 saturated carbocycles. The van der Waals surface area contributed by atoms with Crippen molar-refractivity contribution in [2.75, 3.05) is 44.7 Å². The van der Waals surface area contributed by atoms with E-state index in [9.17, 15) is 4.39 Å². The zero-order valence-corrected chi connectivity index (χ0v) is 19.4. The fraction of sp³-hybridized carbons (Fsp3) is 0.346. The van der Waals surface area contributed by atoms with Gasteiger partial charge < -0.3 is 19.7 Å². The summed E-state index contributed by atoms with van der Waals surface area (Å²) in [6.07, 6.45) is 7.26. The van der Waals surface area contributed by atoms with Gasteiger partial charge in [0.25, 0.3) is 0 Å². The molecule has 34 heavy (non-hydrogen) atoms. The van der Waals surface area contributed by atoms with E-state index >= 15 is 0 Å². The quantitative estimate of drug-likeness (QED) is 0.442. The van der Waals surface area contributed by atoms with Crippen molar-refractivity contribution < 1.29 is 4.39 Å². The van der Waals surface area contributed by atoms with Gasteiger partial charge in [0.2, 0.25) is 0 Å². The summed E-state index contributed by atoms with van der Waals surface area (Å²) in [6, 6.07) is 12.8. The topological polar surface area (TPSA) is 75.1 Å². The predicted octanol–water partition coefficient (Wildman–Crippen LogP) is 4.19. The Balaban J connectivity index is 1.27. The molecule has 1 aromatic carbocycles. The largest absolute Gasteiger partial charge is 0.354 e. The third-order valence-corrected chi connectivity index (χ3v) is 6.63. The Labute approximate surface area is 199 Å². The van der Waals surface area contributed by atoms with Crippen LogP contribution >= 0.6 is 0 Å². The minimum atomic E-state index is -0.236. The molecule has 0 radical (unpaired) electrons. The van der Waals surface area contributed by atoms with Crippen LogP contribution in [-0.2, 0) is 0 Å². The van der Waals surface area contributed by atoms with Gasteiger partial charge in [-0.15, -0.1) is 0 Å². The molecule has 2 fully saturated rings. The molecule has 0 bridgehead atoms. The molecule has 4 heterocycles. The molecule has 1 unspecified atom stereocenters. The number of likely N-dealkylation sites (tertiary alicyclic amines) is 1. The summed E-state index contributed by atoms with van der Waals surface area (Å²) in [5.74, 6) is 1.82. The lowest BCUT2D eigenvalue weighted by atomic mass is 10.0. The Bertz CT molecular complexity index is 1180. The van der Waals surface area contributed by atoms with Crippen molar-refractivity contribution in [3.63, 3.8) is 0 Å². The van der Waals surface area contributed by atoms with Gasteiger partial charge in [-0.3, -0.25) is 5.41 Å². The lowest BCUT2D eigenvalue weighted by molar-refractivity contribution is 0.312. The van der Waals surface area contributed by atoms with Gasteiger partial charge in [-0.2, -0.15) is 0 Å². The maximum atomic E-state index is 13.7. The first-order valence-electron chi connectivity index (χ1n) is 11.8. The molecule has 3 aromatic rings. The second kappa shape index (κ2) is 9.77. The molecule has 8 heteroatoms. The van der Waals surface area contributed by atoms with E-state index in [1.165, 1.54) is 6.07 Å². The number of benzene rings is 1. The number of likely N-dealkylation sites (N-methyl/N-ethyl adjacent to an activating group) is 1. The van der Waals surface area contributed by atoms with Gasteiger partial charge in [-0.1, -0.05) is 18.2 Å². The summed E-state index contributed by atoms with van der Waals surface area (Å²) in [6.45, 7) is 4.80. The minimum absolute atomic E-state index is 0.0292. The highest BCUT2D eigenvalue weighted by Crippen LogP contribution is 2.32. The molecule has 2 N–H and O–H groups in total. The first kappa shape index (κ1) is 22.3. The third kappa shape index (κ3) is 4.87. The predicted molar refractivity (Wildman–Crippen MR) is 133 cm³/mol. The number of hydrogen-bond acceptors (Lipinski definition) is 5. The van der Waals surface area contributed by atoms with E-state index in [1.807, 2.05) is 29.2 Å². The van der Waals surface area contributed by atoms with E-state index in [0.717, 1.165) is 68.3 Å². The van der Waals surface area contributed by atoms with Gasteiger partial charge in [0.15, 0.2) is 0 Å². The number of nitrogens with zero attached hydrogens (tertiary/aromatic N) is 5. The zero-order valence-electron chi connectivity index (χ0n) is 19.4. The molecule has 5 rings (SSSR count). The first-order valence-corrected chi connectivity index (χ1v) is 11.8. The lowest BCUT2D eigenvalue weighted by Gasteiger charge is -2.33. The average Bonchev–Trinajstić information content (AvgIpc) is 3.53. The number of aromatic nitrogens is 3. The van der Waals surface area contributed by atoms with Gasteiger partial charge >= 0.3 is 0 Å². The molecule has 1 atom stereocenters. The van der Waals surface area contributed by atoms with Crippen molar-refractivity contribution in [1.29, 1.82) is 5.41 Å². The molecular weight excluding hydrogens is 429 g/mol. The summed E-state index contributed by atoms with van der Waals surface area (Å²) >= 11 is 0. The number of amidine groups is 1. The molecule has 0 spiro atoms. The number of halogens is 1. The third-order valence-electron chi connectivity index (χ3n) is 6.63. The molecule has 2 saturated heterocycles. The van der Waals surface area contributed by atoms with Crippen LogP contribution in [0.25, 0.3) is 17.5 Å². The van der Waals surface area contributed by atoms with E-state index in [1.54, 1.807) is 24.4 Å². The van der Waals surface area contributed by atoms with Crippen LogP contribution in [0.4, 0.5) is 10.2 Å². The summed E-state index contributed by atoms with van der Waals surface area (Å²) in [5, 5.41) is 8.58. The van der Waals surface area contributed by atoms with Crippen LogP contribution in [0.1, 0.15) is 30.3 Å². The summed E-state index contributed by atoms with van der Waals surface area (Å²) < 4.78 is 13.7. The van der Waals surface area contributed by atoms with Crippen molar-refractivity contribution >= 4 is 17.7 Å². The Morgan fingerprint density at radius 3 is 2.76 bits per heavy atom. The van der Waals surface area contributed by atoms with E-state index in [4.69, 9.17) is 10.4 Å². The van der Waals surface area contributed by atoms with Gasteiger partial charge in [0.1, 0.15) is 23.3 Å². The average molecular weight is 460 g/mol. The highest BCUT2D eigenvalue weighted by atomic mass is 19.1. The number of pyridine rings is 1. The van der Waals surface area contributed by atoms with E-state index in [0.29, 0.717) is 11.7 Å². The van der Waals surface area contributed by atoms with Crippen LogP contribution in [-0.4, -0.2) is 70.4 Å². The molecule has 0 amide bonds. The van der Waals surface area contributed by atoms with Crippen molar-refractivity contribution in [1.82, 2.24) is 24.8 Å². The van der Waals surface area contributed by atoms with Gasteiger partial charge in [-0.25, -0.2) is 14.4 Å². The number of aromatic amines is 1. The van der Waals surface area contributed by atoms with Gasteiger partial charge in [-0.05, 0) is 61.9 Å². The molecule has 2 aliphatic heterocycles. The van der Waals surface area contributed by atoms with E-state index < -0.39 is 0 Å². The Morgan fingerprint density at radius 2 is 1.94 bits per heavy atom. The monoisotopic (exact) mass is 459 g/mol. The van der Waals surface area contributed by atoms with Crippen LogP contribution in [0.2, 0.25) is 0 Å². The highest BCUT2D eigenvalue weighted by Gasteiger charge is 2.27. The Hall–Kier alpha value is -3.52. The maximum Gasteiger partial charge on any atom is 0.130 e. The van der Waals surface area contributed by atoms with Crippen molar-refractivity contribution in [3.8, 4) is 11.4 Å². The zero-order chi connectivity index (χ0) is 23.5. The number of H-pyrrole nitrogens is 1. The number of rotatable bonds is 5. The molecule has 176 valence electrons. The highest BCUT2D eigenvalue weighted by molar-refractivity contribution is 5.94. The van der Waals surface area contributed by atoms with Gasteiger partial charge in [0.05, 0.1) is 23.6 Å². The van der Waals surface area contributed by atoms with Gasteiger partial charge in [0, 0.05) is 32.7 Å². The molecule has 2 aromatic heterocycles. The number of nitrogens with one attached hydrogen (secondary N) is 2. The summed E-state index contributed by atoms with van der Waals surface area (Å²) in [4.78, 5) is 19.3. The fourth-order valence-corrected chi connectivity index (χ4v) is 4.71. The molecule has 0 aliphatic carbocycles. The number of imidazole rings is 1.